The Morgan fingerprint density at radius 1 is 0.533 bits per heavy atom. The smallest absolute Gasteiger partial charge is 0.340 e. The Morgan fingerprint density at radius 2 is 0.917 bits per heavy atom. The van der Waals surface area contributed by atoms with Crippen LogP contribution in [0.15, 0.2) is 111 Å². The lowest BCUT2D eigenvalue weighted by molar-refractivity contribution is -0.288. The van der Waals surface area contributed by atoms with E-state index >= 15 is 0 Å². The third kappa shape index (κ3) is 14.8. The fourth-order valence-corrected chi connectivity index (χ4v) is 5.80. The Bertz CT molecular complexity index is 1840. The van der Waals surface area contributed by atoms with E-state index in [4.69, 9.17) is 37.9 Å². The number of ether oxygens (including phenoxy) is 8. The molecule has 14 heteroatoms. The third-order valence-electron chi connectivity index (χ3n) is 9.06. The van der Waals surface area contributed by atoms with E-state index in [-0.39, 0.29) is 24.3 Å². The van der Waals surface area contributed by atoms with Crippen LogP contribution in [-0.2, 0) is 38.0 Å². The maximum Gasteiger partial charge on any atom is 0.340 e. The first kappa shape index (κ1) is 44.7. The molecule has 14 nitrogen and oxygen atoms in total. The van der Waals surface area contributed by atoms with Gasteiger partial charge in [0.05, 0.1) is 74.5 Å². The lowest BCUT2D eigenvalue weighted by atomic mass is 10.1. The van der Waals surface area contributed by atoms with Crippen LogP contribution >= 0.6 is 0 Å². The van der Waals surface area contributed by atoms with Gasteiger partial charge in [-0.25, -0.2) is 19.2 Å². The number of benzene rings is 2. The molecule has 0 radical (unpaired) electrons. The Morgan fingerprint density at radius 3 is 1.27 bits per heavy atom. The van der Waals surface area contributed by atoms with Crippen LogP contribution in [0.5, 0.6) is 11.5 Å². The lowest BCUT2D eigenvalue weighted by Gasteiger charge is -2.30. The lowest BCUT2D eigenvalue weighted by Crippen LogP contribution is -2.44. The van der Waals surface area contributed by atoms with E-state index in [1.165, 1.54) is 0 Å². The number of carbonyl (C=O) groups excluding carboxylic acids is 4. The standard InChI is InChI=1S/C46H50N2O12/c1-3-41(49)55-27-11-7-5-9-25-53-37-21-23-39(47-31-37)33-13-17-35(18-14-33)43(51)59-45-46(58-30-29-57-45)60-44(52)36-19-15-34(16-20-36)40-24-22-38(32-48-40)54-26-10-6-8-12-28-56-42(50)4-2/h3-4,13-24,31-32,45-46H,1-2,5-12,25-30H2/t45-,46-/m1/s1. The molecule has 4 aromatic rings. The second kappa shape index (κ2) is 24.5. The molecule has 2 atom stereocenters. The largest absolute Gasteiger partial charge is 0.492 e. The predicted octanol–water partition coefficient (Wildman–Crippen LogP) is 7.86. The minimum atomic E-state index is -1.27. The second-order valence-electron chi connectivity index (χ2n) is 13.5. The molecule has 316 valence electrons. The molecule has 3 heterocycles. The van der Waals surface area contributed by atoms with Crippen LogP contribution in [0.3, 0.4) is 0 Å². The number of esters is 4. The minimum Gasteiger partial charge on any atom is -0.492 e. The summed E-state index contributed by atoms with van der Waals surface area (Å²) in [4.78, 5) is 57.3. The summed E-state index contributed by atoms with van der Waals surface area (Å²) in [5, 5.41) is 0. The van der Waals surface area contributed by atoms with Crippen LogP contribution < -0.4 is 9.47 Å². The molecular formula is C46H50N2O12. The van der Waals surface area contributed by atoms with Crippen molar-refractivity contribution in [1.82, 2.24) is 9.97 Å². The maximum atomic E-state index is 13.1. The van der Waals surface area contributed by atoms with Crippen molar-refractivity contribution in [3.8, 4) is 34.0 Å². The van der Waals surface area contributed by atoms with Crippen molar-refractivity contribution >= 4 is 23.9 Å². The Kier molecular flexibility index (Phi) is 18.3. The van der Waals surface area contributed by atoms with Gasteiger partial charge in [0.1, 0.15) is 11.5 Å². The first-order chi connectivity index (χ1) is 29.3. The zero-order chi connectivity index (χ0) is 42.4. The van der Waals surface area contributed by atoms with E-state index in [2.05, 4.69) is 23.1 Å². The molecule has 0 saturated carbocycles. The van der Waals surface area contributed by atoms with Crippen molar-refractivity contribution < 1.29 is 57.1 Å². The summed E-state index contributed by atoms with van der Waals surface area (Å²) in [6.45, 7) is 8.90. The van der Waals surface area contributed by atoms with Crippen molar-refractivity contribution in [3.63, 3.8) is 0 Å². The van der Waals surface area contributed by atoms with Crippen molar-refractivity contribution in [3.05, 3.63) is 122 Å². The molecule has 1 aliphatic heterocycles. The van der Waals surface area contributed by atoms with E-state index in [1.807, 2.05) is 24.3 Å². The van der Waals surface area contributed by atoms with Crippen molar-refractivity contribution in [1.29, 1.82) is 0 Å². The predicted molar refractivity (Wildman–Crippen MR) is 220 cm³/mol. The summed E-state index contributed by atoms with van der Waals surface area (Å²) in [6, 6.07) is 20.8. The monoisotopic (exact) mass is 822 g/mol. The number of nitrogens with zero attached hydrogens (tertiary/aromatic N) is 2. The van der Waals surface area contributed by atoms with Gasteiger partial charge in [-0.1, -0.05) is 37.4 Å². The molecule has 5 rings (SSSR count). The van der Waals surface area contributed by atoms with E-state index < -0.39 is 36.5 Å². The number of aromatic nitrogens is 2. The zero-order valence-corrected chi connectivity index (χ0v) is 33.5. The maximum absolute atomic E-state index is 13.1. The summed E-state index contributed by atoms with van der Waals surface area (Å²) < 4.78 is 43.9. The fraction of sp³-hybridized carbons (Fsp3) is 0.348. The minimum absolute atomic E-state index is 0.146. The number of pyridine rings is 2. The normalized spacial score (nSPS) is 14.6. The van der Waals surface area contributed by atoms with Crippen molar-refractivity contribution in [2.24, 2.45) is 0 Å². The molecule has 1 aliphatic rings. The first-order valence-corrected chi connectivity index (χ1v) is 19.9. The quantitative estimate of drug-likeness (QED) is 0.0290. The molecular weight excluding hydrogens is 773 g/mol. The van der Waals surface area contributed by atoms with Crippen LogP contribution in [0.2, 0.25) is 0 Å². The van der Waals surface area contributed by atoms with Gasteiger partial charge in [-0.15, -0.1) is 0 Å². The highest BCUT2D eigenvalue weighted by Crippen LogP contribution is 2.24. The summed E-state index contributed by atoms with van der Waals surface area (Å²) in [5.74, 6) is -0.874. The van der Waals surface area contributed by atoms with Crippen LogP contribution in [0.1, 0.15) is 72.1 Å². The van der Waals surface area contributed by atoms with E-state index in [9.17, 15) is 19.2 Å². The molecule has 1 saturated heterocycles. The van der Waals surface area contributed by atoms with Gasteiger partial charge in [-0.05, 0) is 99.9 Å². The van der Waals surface area contributed by atoms with Crippen molar-refractivity contribution in [2.75, 3.05) is 39.6 Å². The van der Waals surface area contributed by atoms with E-state index in [1.54, 1.807) is 60.9 Å². The van der Waals surface area contributed by atoms with Crippen molar-refractivity contribution in [2.45, 2.75) is 63.9 Å². The van der Waals surface area contributed by atoms with Crippen LogP contribution in [0, 0.1) is 0 Å². The van der Waals surface area contributed by atoms with Gasteiger partial charge in [0, 0.05) is 23.3 Å². The Balaban J connectivity index is 1.02. The van der Waals surface area contributed by atoms with E-state index in [0.29, 0.717) is 49.3 Å². The first-order valence-electron chi connectivity index (χ1n) is 19.9. The van der Waals surface area contributed by atoms with Gasteiger partial charge in [-0.3, -0.25) is 9.97 Å². The average Bonchev–Trinajstić information content (AvgIpc) is 3.29. The fourth-order valence-electron chi connectivity index (χ4n) is 5.80. The molecule has 0 spiro atoms. The van der Waals surface area contributed by atoms with Gasteiger partial charge in [0.2, 0.25) is 0 Å². The average molecular weight is 823 g/mol. The molecule has 0 bridgehead atoms. The number of unbranched alkanes of at least 4 members (excludes halogenated alkanes) is 6. The molecule has 0 amide bonds. The molecule has 2 aromatic heterocycles. The highest BCUT2D eigenvalue weighted by Gasteiger charge is 2.34. The SMILES string of the molecule is C=CC(=O)OCCCCCCOc1ccc(-c2ccc(C(=O)O[C@H]3OCCO[C@@H]3OC(=O)c3ccc(-c4ccc(OCCCCCCOC(=O)C=C)cn4)cc3)cc2)nc1. The second-order valence-corrected chi connectivity index (χ2v) is 13.5. The molecule has 0 unspecified atom stereocenters. The molecule has 0 N–H and O–H groups in total. The topological polar surface area (TPSA) is 168 Å². The van der Waals surface area contributed by atoms with Crippen LogP contribution in [-0.4, -0.2) is 86.1 Å². The summed E-state index contributed by atoms with van der Waals surface area (Å²) in [7, 11) is 0. The highest BCUT2D eigenvalue weighted by atomic mass is 16.8. The number of hydrogen-bond donors (Lipinski definition) is 0. The van der Waals surface area contributed by atoms with Gasteiger partial charge in [0.15, 0.2) is 0 Å². The summed E-state index contributed by atoms with van der Waals surface area (Å²) >= 11 is 0. The van der Waals surface area contributed by atoms with Crippen LogP contribution in [0.25, 0.3) is 22.5 Å². The Labute approximate surface area is 349 Å². The van der Waals surface area contributed by atoms with Crippen LogP contribution in [0.4, 0.5) is 0 Å². The van der Waals surface area contributed by atoms with Gasteiger partial charge in [-0.2, -0.15) is 0 Å². The number of rotatable bonds is 24. The summed E-state index contributed by atoms with van der Waals surface area (Å²) in [5.41, 5.74) is 3.49. The zero-order valence-electron chi connectivity index (χ0n) is 33.5. The Hall–Kier alpha value is -6.38. The highest BCUT2D eigenvalue weighted by molar-refractivity contribution is 5.91. The molecule has 60 heavy (non-hydrogen) atoms. The van der Waals surface area contributed by atoms with Gasteiger partial charge in [0.25, 0.3) is 12.6 Å². The summed E-state index contributed by atoms with van der Waals surface area (Å²) in [6.07, 6.45) is 10.1. The molecule has 1 fully saturated rings. The number of hydrogen-bond acceptors (Lipinski definition) is 14. The number of carbonyl (C=O) groups is 4. The van der Waals surface area contributed by atoms with Gasteiger partial charge >= 0.3 is 23.9 Å². The van der Waals surface area contributed by atoms with E-state index in [0.717, 1.165) is 74.6 Å². The molecule has 0 aliphatic carbocycles. The molecule has 2 aromatic carbocycles. The van der Waals surface area contributed by atoms with Gasteiger partial charge < -0.3 is 37.9 Å². The third-order valence-corrected chi connectivity index (χ3v) is 9.06.